The zero-order valence-corrected chi connectivity index (χ0v) is 8.92. The molecule has 88 valence electrons. The van der Waals surface area contributed by atoms with Crippen LogP contribution in [0.5, 0.6) is 0 Å². The predicted molar refractivity (Wildman–Crippen MR) is 54.6 cm³/mol. The number of hydrogen-bond acceptors (Lipinski definition) is 2. The van der Waals surface area contributed by atoms with E-state index in [1.54, 1.807) is 13.8 Å². The highest BCUT2D eigenvalue weighted by atomic mass is 19.4. The van der Waals surface area contributed by atoms with Gasteiger partial charge in [-0.1, -0.05) is 31.1 Å². The summed E-state index contributed by atoms with van der Waals surface area (Å²) in [6.07, 6.45) is -4.34. The lowest BCUT2D eigenvalue weighted by Gasteiger charge is -2.10. The number of alkyl halides is 3. The SMILES string of the molecule is CC(C)C(=NO)c1ccc(C(F)(F)F)cc1. The van der Waals surface area contributed by atoms with Gasteiger partial charge < -0.3 is 5.21 Å². The molecular formula is C11H12F3NO. The van der Waals surface area contributed by atoms with Gasteiger partial charge in [0.2, 0.25) is 0 Å². The molecule has 0 saturated heterocycles. The predicted octanol–water partition coefficient (Wildman–Crippen LogP) is 3.54. The summed E-state index contributed by atoms with van der Waals surface area (Å²) in [7, 11) is 0. The monoisotopic (exact) mass is 231 g/mol. The molecule has 0 spiro atoms. The fraction of sp³-hybridized carbons (Fsp3) is 0.364. The average molecular weight is 231 g/mol. The lowest BCUT2D eigenvalue weighted by atomic mass is 9.99. The molecule has 0 aromatic heterocycles. The number of hydrogen-bond donors (Lipinski definition) is 1. The third-order valence-corrected chi connectivity index (χ3v) is 2.16. The second-order valence-electron chi connectivity index (χ2n) is 3.72. The van der Waals surface area contributed by atoms with Crippen molar-refractivity contribution in [2.75, 3.05) is 0 Å². The molecule has 0 unspecified atom stereocenters. The van der Waals surface area contributed by atoms with Crippen LogP contribution in [0.15, 0.2) is 29.4 Å². The molecule has 1 aromatic carbocycles. The van der Waals surface area contributed by atoms with Gasteiger partial charge in [-0.15, -0.1) is 0 Å². The molecule has 2 nitrogen and oxygen atoms in total. The minimum Gasteiger partial charge on any atom is -0.411 e. The van der Waals surface area contributed by atoms with Crippen LogP contribution in [0.1, 0.15) is 25.0 Å². The third kappa shape index (κ3) is 2.74. The molecule has 1 aromatic rings. The Kier molecular flexibility index (Phi) is 3.57. The van der Waals surface area contributed by atoms with E-state index in [1.807, 2.05) is 0 Å². The van der Waals surface area contributed by atoms with E-state index in [-0.39, 0.29) is 5.92 Å². The maximum absolute atomic E-state index is 12.3. The van der Waals surface area contributed by atoms with Crippen LogP contribution in [-0.4, -0.2) is 10.9 Å². The Labute approximate surface area is 91.4 Å². The maximum atomic E-state index is 12.3. The molecule has 0 atom stereocenters. The summed E-state index contributed by atoms with van der Waals surface area (Å²) in [5.41, 5.74) is 0.150. The van der Waals surface area contributed by atoms with Crippen molar-refractivity contribution in [1.82, 2.24) is 0 Å². The van der Waals surface area contributed by atoms with E-state index in [0.29, 0.717) is 11.3 Å². The van der Waals surface area contributed by atoms with Gasteiger partial charge >= 0.3 is 6.18 Å². The van der Waals surface area contributed by atoms with Gasteiger partial charge in [0.15, 0.2) is 0 Å². The van der Waals surface area contributed by atoms with Crippen LogP contribution in [0.4, 0.5) is 13.2 Å². The summed E-state index contributed by atoms with van der Waals surface area (Å²) < 4.78 is 36.8. The summed E-state index contributed by atoms with van der Waals surface area (Å²) in [5.74, 6) is -0.0539. The molecule has 0 amide bonds. The zero-order chi connectivity index (χ0) is 12.3. The van der Waals surface area contributed by atoms with E-state index in [1.165, 1.54) is 12.1 Å². The Balaban J connectivity index is 3.04. The molecular weight excluding hydrogens is 219 g/mol. The standard InChI is InChI=1S/C11H12F3NO/c1-7(2)10(15-16)8-3-5-9(6-4-8)11(12,13)14/h3-7,16H,1-2H3. The fourth-order valence-corrected chi connectivity index (χ4v) is 1.34. The van der Waals surface area contributed by atoms with Crippen molar-refractivity contribution < 1.29 is 18.4 Å². The summed E-state index contributed by atoms with van der Waals surface area (Å²) in [5, 5.41) is 11.8. The highest BCUT2D eigenvalue weighted by Gasteiger charge is 2.30. The summed E-state index contributed by atoms with van der Waals surface area (Å²) in [6, 6.07) is 4.56. The van der Waals surface area contributed by atoms with Crippen molar-refractivity contribution in [3.63, 3.8) is 0 Å². The van der Waals surface area contributed by atoms with Gasteiger partial charge in [-0.2, -0.15) is 13.2 Å². The zero-order valence-electron chi connectivity index (χ0n) is 8.92. The maximum Gasteiger partial charge on any atom is 0.416 e. The van der Waals surface area contributed by atoms with Crippen molar-refractivity contribution >= 4 is 5.71 Å². The van der Waals surface area contributed by atoms with Gasteiger partial charge in [0, 0.05) is 0 Å². The minimum absolute atomic E-state index is 0.0539. The Morgan fingerprint density at radius 2 is 1.69 bits per heavy atom. The molecule has 0 aliphatic rings. The molecule has 0 heterocycles. The molecule has 0 radical (unpaired) electrons. The molecule has 0 fully saturated rings. The van der Waals surface area contributed by atoms with Crippen LogP contribution in [0.3, 0.4) is 0 Å². The van der Waals surface area contributed by atoms with Crippen molar-refractivity contribution in [3.8, 4) is 0 Å². The van der Waals surface area contributed by atoms with Gasteiger partial charge in [0.05, 0.1) is 11.3 Å². The smallest absolute Gasteiger partial charge is 0.411 e. The van der Waals surface area contributed by atoms with Gasteiger partial charge in [0.25, 0.3) is 0 Å². The van der Waals surface area contributed by atoms with Crippen LogP contribution in [0.25, 0.3) is 0 Å². The molecule has 5 heteroatoms. The van der Waals surface area contributed by atoms with Crippen molar-refractivity contribution in [2.45, 2.75) is 20.0 Å². The summed E-state index contributed by atoms with van der Waals surface area (Å²) in [6.45, 7) is 3.60. The van der Waals surface area contributed by atoms with Crippen molar-refractivity contribution in [3.05, 3.63) is 35.4 Å². The summed E-state index contributed by atoms with van der Waals surface area (Å²) in [4.78, 5) is 0. The minimum atomic E-state index is -4.34. The molecule has 16 heavy (non-hydrogen) atoms. The largest absolute Gasteiger partial charge is 0.416 e. The van der Waals surface area contributed by atoms with Crippen LogP contribution in [0, 0.1) is 5.92 Å². The Hall–Kier alpha value is -1.52. The van der Waals surface area contributed by atoms with E-state index in [4.69, 9.17) is 5.21 Å². The first-order chi connectivity index (χ1) is 7.36. The van der Waals surface area contributed by atoms with E-state index >= 15 is 0 Å². The number of rotatable bonds is 2. The van der Waals surface area contributed by atoms with Crippen LogP contribution in [-0.2, 0) is 6.18 Å². The number of oxime groups is 1. The fourth-order valence-electron chi connectivity index (χ4n) is 1.34. The third-order valence-electron chi connectivity index (χ3n) is 2.16. The van der Waals surface area contributed by atoms with Gasteiger partial charge in [-0.25, -0.2) is 0 Å². The van der Waals surface area contributed by atoms with Crippen LogP contribution >= 0.6 is 0 Å². The first-order valence-electron chi connectivity index (χ1n) is 4.76. The lowest BCUT2D eigenvalue weighted by Crippen LogP contribution is -2.10. The number of nitrogens with zero attached hydrogens (tertiary/aromatic N) is 1. The number of halogens is 3. The topological polar surface area (TPSA) is 32.6 Å². The molecule has 1 N–H and O–H groups in total. The van der Waals surface area contributed by atoms with Crippen molar-refractivity contribution in [2.24, 2.45) is 11.1 Å². The lowest BCUT2D eigenvalue weighted by molar-refractivity contribution is -0.137. The Bertz CT molecular complexity index is 379. The molecule has 1 rings (SSSR count). The highest BCUT2D eigenvalue weighted by Crippen LogP contribution is 2.29. The Morgan fingerprint density at radius 3 is 2.00 bits per heavy atom. The molecule has 0 bridgehead atoms. The van der Waals surface area contributed by atoms with Crippen LogP contribution < -0.4 is 0 Å². The second kappa shape index (κ2) is 4.55. The first-order valence-corrected chi connectivity index (χ1v) is 4.76. The average Bonchev–Trinajstić information content (AvgIpc) is 2.17. The van der Waals surface area contributed by atoms with E-state index < -0.39 is 11.7 Å². The molecule has 0 aliphatic heterocycles. The van der Waals surface area contributed by atoms with E-state index in [0.717, 1.165) is 12.1 Å². The van der Waals surface area contributed by atoms with Gasteiger partial charge in [0.1, 0.15) is 0 Å². The van der Waals surface area contributed by atoms with Crippen LogP contribution in [0.2, 0.25) is 0 Å². The normalized spacial score (nSPS) is 13.2. The molecule has 0 aliphatic carbocycles. The number of benzene rings is 1. The van der Waals surface area contributed by atoms with Gasteiger partial charge in [-0.05, 0) is 23.6 Å². The van der Waals surface area contributed by atoms with E-state index in [2.05, 4.69) is 5.16 Å². The quantitative estimate of drug-likeness (QED) is 0.471. The van der Waals surface area contributed by atoms with Gasteiger partial charge in [-0.3, -0.25) is 0 Å². The van der Waals surface area contributed by atoms with Crippen molar-refractivity contribution in [1.29, 1.82) is 0 Å². The molecule has 0 saturated carbocycles. The Morgan fingerprint density at radius 1 is 1.19 bits per heavy atom. The highest BCUT2D eigenvalue weighted by molar-refractivity contribution is 6.01. The summed E-state index contributed by atoms with van der Waals surface area (Å²) >= 11 is 0. The first kappa shape index (κ1) is 12.5. The van der Waals surface area contributed by atoms with E-state index in [9.17, 15) is 13.2 Å². The second-order valence-corrected chi connectivity index (χ2v) is 3.72.